The number of benzene rings is 2. The maximum atomic E-state index is 13.9. The van der Waals surface area contributed by atoms with E-state index < -0.39 is 15.9 Å². The van der Waals surface area contributed by atoms with Gasteiger partial charge in [-0.2, -0.15) is 5.10 Å². The first-order valence-corrected chi connectivity index (χ1v) is 14.1. The molecule has 0 bridgehead atoms. The SMILES string of the molecule is CCn1cc(C(=O)C(Nc2cc(CCCS(C)(=O)=O)cc(OC)c2)c2ccccc2)c(C2CC2)n1. The normalized spacial score (nSPS) is 14.5. The molecular weight excluding hydrogens is 462 g/mol. The number of hydrogen-bond acceptors (Lipinski definition) is 6. The van der Waals surface area contributed by atoms with Crippen molar-refractivity contribution < 1.29 is 17.9 Å². The summed E-state index contributed by atoms with van der Waals surface area (Å²) in [7, 11) is -1.43. The first-order chi connectivity index (χ1) is 16.8. The summed E-state index contributed by atoms with van der Waals surface area (Å²) in [6.45, 7) is 2.73. The quantitative estimate of drug-likeness (QED) is 0.363. The topological polar surface area (TPSA) is 90.3 Å². The maximum absolute atomic E-state index is 13.9. The molecule has 1 aliphatic carbocycles. The van der Waals surface area contributed by atoms with E-state index in [1.54, 1.807) is 7.11 Å². The Bertz CT molecular complexity index is 1280. The number of hydrogen-bond donors (Lipinski definition) is 1. The van der Waals surface area contributed by atoms with Gasteiger partial charge in [0.15, 0.2) is 5.78 Å². The van der Waals surface area contributed by atoms with Crippen molar-refractivity contribution in [1.82, 2.24) is 9.78 Å². The molecule has 1 aliphatic rings. The summed E-state index contributed by atoms with van der Waals surface area (Å²) in [5.74, 6) is 1.13. The summed E-state index contributed by atoms with van der Waals surface area (Å²) in [4.78, 5) is 13.9. The van der Waals surface area contributed by atoms with E-state index in [0.29, 0.717) is 36.6 Å². The molecule has 4 rings (SSSR count). The van der Waals surface area contributed by atoms with Gasteiger partial charge in [-0.05, 0) is 55.9 Å². The van der Waals surface area contributed by atoms with Gasteiger partial charge in [0, 0.05) is 36.7 Å². The number of rotatable bonds is 12. The first kappa shape index (κ1) is 25.0. The molecule has 0 aliphatic heterocycles. The van der Waals surface area contributed by atoms with Crippen LogP contribution in [0.3, 0.4) is 0 Å². The monoisotopic (exact) mass is 495 g/mol. The lowest BCUT2D eigenvalue weighted by Crippen LogP contribution is -2.22. The fraction of sp³-hybridized carbons (Fsp3) is 0.407. The third-order valence-corrected chi connectivity index (χ3v) is 7.26. The van der Waals surface area contributed by atoms with Crippen molar-refractivity contribution in [2.24, 2.45) is 0 Å². The Kier molecular flexibility index (Phi) is 7.60. The molecule has 0 radical (unpaired) electrons. The minimum Gasteiger partial charge on any atom is -0.497 e. The minimum atomic E-state index is -3.02. The van der Waals surface area contributed by atoms with Crippen LogP contribution < -0.4 is 10.1 Å². The molecule has 1 aromatic heterocycles. The lowest BCUT2D eigenvalue weighted by molar-refractivity contribution is 0.0968. The molecular formula is C27H33N3O4S. The van der Waals surface area contributed by atoms with Gasteiger partial charge in [-0.25, -0.2) is 8.42 Å². The molecule has 0 amide bonds. The van der Waals surface area contributed by atoms with Gasteiger partial charge in [-0.3, -0.25) is 9.48 Å². The number of ketones is 1. The molecule has 2 aromatic carbocycles. The smallest absolute Gasteiger partial charge is 0.193 e. The van der Waals surface area contributed by atoms with E-state index in [0.717, 1.165) is 35.3 Å². The van der Waals surface area contributed by atoms with Gasteiger partial charge in [0.25, 0.3) is 0 Å². The number of ether oxygens (including phenoxy) is 1. The Morgan fingerprint density at radius 2 is 1.94 bits per heavy atom. The van der Waals surface area contributed by atoms with E-state index in [2.05, 4.69) is 10.4 Å². The molecule has 1 saturated carbocycles. The highest BCUT2D eigenvalue weighted by Crippen LogP contribution is 2.42. The standard InChI is InChI=1S/C27H33N3O4S/c1-4-30-18-24(25(29-30)21-12-13-21)27(31)26(20-10-6-5-7-11-20)28-22-15-19(16-23(17-22)34-2)9-8-14-35(3,32)33/h5-7,10-11,15-18,21,26,28H,4,8-9,12-14H2,1-3H3. The average molecular weight is 496 g/mol. The van der Waals surface area contributed by atoms with Crippen LogP contribution in [-0.2, 0) is 22.8 Å². The summed E-state index contributed by atoms with van der Waals surface area (Å²) < 4.78 is 30.4. The van der Waals surface area contributed by atoms with Crippen LogP contribution >= 0.6 is 0 Å². The first-order valence-electron chi connectivity index (χ1n) is 12.1. The Morgan fingerprint density at radius 3 is 2.57 bits per heavy atom. The third kappa shape index (κ3) is 6.51. The van der Waals surface area contributed by atoms with Gasteiger partial charge in [0.1, 0.15) is 21.6 Å². The second-order valence-electron chi connectivity index (χ2n) is 9.21. The minimum absolute atomic E-state index is 0.0146. The molecule has 3 aromatic rings. The van der Waals surface area contributed by atoms with E-state index in [1.807, 2.05) is 66.3 Å². The van der Waals surface area contributed by atoms with Crippen LogP contribution in [0.1, 0.15) is 65.3 Å². The van der Waals surface area contributed by atoms with Crippen LogP contribution in [0.2, 0.25) is 0 Å². The van der Waals surface area contributed by atoms with E-state index in [1.165, 1.54) is 6.26 Å². The number of methoxy groups -OCH3 is 1. The summed E-state index contributed by atoms with van der Waals surface area (Å²) in [6, 6.07) is 14.8. The molecule has 8 heteroatoms. The average Bonchev–Trinajstić information content (AvgIpc) is 3.60. The van der Waals surface area contributed by atoms with Crippen molar-refractivity contribution in [2.45, 2.75) is 51.1 Å². The Morgan fingerprint density at radius 1 is 1.20 bits per heavy atom. The van der Waals surface area contributed by atoms with Crippen molar-refractivity contribution in [3.63, 3.8) is 0 Å². The van der Waals surface area contributed by atoms with Crippen LogP contribution in [0.4, 0.5) is 5.69 Å². The lowest BCUT2D eigenvalue weighted by Gasteiger charge is -2.20. The number of nitrogens with one attached hydrogen (secondary N) is 1. The van der Waals surface area contributed by atoms with Gasteiger partial charge >= 0.3 is 0 Å². The number of aromatic nitrogens is 2. The van der Waals surface area contributed by atoms with E-state index in [4.69, 9.17) is 4.74 Å². The lowest BCUT2D eigenvalue weighted by atomic mass is 9.96. The molecule has 0 spiro atoms. The van der Waals surface area contributed by atoms with Crippen molar-refractivity contribution in [3.8, 4) is 5.75 Å². The Balaban J connectivity index is 1.65. The highest BCUT2D eigenvalue weighted by Gasteiger charge is 2.34. The van der Waals surface area contributed by atoms with Gasteiger partial charge in [0.2, 0.25) is 0 Å². The molecule has 35 heavy (non-hydrogen) atoms. The summed E-state index contributed by atoms with van der Waals surface area (Å²) in [5.41, 5.74) is 4.13. The van der Waals surface area contributed by atoms with Crippen molar-refractivity contribution in [1.29, 1.82) is 0 Å². The van der Waals surface area contributed by atoms with Gasteiger partial charge < -0.3 is 10.1 Å². The summed E-state index contributed by atoms with van der Waals surface area (Å²) in [5, 5.41) is 8.13. The molecule has 1 atom stereocenters. The van der Waals surface area contributed by atoms with Crippen LogP contribution in [0.5, 0.6) is 5.75 Å². The summed E-state index contributed by atoms with van der Waals surface area (Å²) in [6.07, 6.45) is 6.37. The number of sulfone groups is 1. The van der Waals surface area contributed by atoms with Crippen molar-refractivity contribution in [2.75, 3.05) is 24.4 Å². The van der Waals surface area contributed by atoms with E-state index >= 15 is 0 Å². The number of aryl methyl sites for hydroxylation is 2. The molecule has 1 unspecified atom stereocenters. The highest BCUT2D eigenvalue weighted by molar-refractivity contribution is 7.90. The van der Waals surface area contributed by atoms with E-state index in [9.17, 15) is 13.2 Å². The number of anilines is 1. The largest absolute Gasteiger partial charge is 0.497 e. The predicted molar refractivity (Wildman–Crippen MR) is 138 cm³/mol. The Labute approximate surface area is 207 Å². The van der Waals surface area contributed by atoms with Crippen molar-refractivity contribution in [3.05, 3.63) is 77.1 Å². The summed E-state index contributed by atoms with van der Waals surface area (Å²) >= 11 is 0. The second-order valence-corrected chi connectivity index (χ2v) is 11.5. The molecule has 1 N–H and O–H groups in total. The number of carbonyl (C=O) groups excluding carboxylic acids is 1. The van der Waals surface area contributed by atoms with Crippen molar-refractivity contribution >= 4 is 21.3 Å². The predicted octanol–water partition coefficient (Wildman–Crippen LogP) is 4.80. The zero-order valence-corrected chi connectivity index (χ0v) is 21.3. The molecule has 0 saturated heterocycles. The zero-order valence-electron chi connectivity index (χ0n) is 20.5. The number of nitrogens with zero attached hydrogens (tertiary/aromatic N) is 2. The Hall–Kier alpha value is -3.13. The molecule has 1 heterocycles. The zero-order chi connectivity index (χ0) is 25.0. The van der Waals surface area contributed by atoms with E-state index in [-0.39, 0.29) is 11.5 Å². The van der Waals surface area contributed by atoms with Crippen LogP contribution in [0.15, 0.2) is 54.7 Å². The van der Waals surface area contributed by atoms with Crippen LogP contribution in [-0.4, -0.2) is 43.1 Å². The van der Waals surface area contributed by atoms with Crippen LogP contribution in [0, 0.1) is 0 Å². The fourth-order valence-electron chi connectivity index (χ4n) is 4.26. The number of Topliss-reactive ketones (excluding diaryl/α,β-unsaturated/α-hetero) is 1. The third-order valence-electron chi connectivity index (χ3n) is 6.23. The molecule has 1 fully saturated rings. The number of carbonyl (C=O) groups is 1. The molecule has 186 valence electrons. The highest BCUT2D eigenvalue weighted by atomic mass is 32.2. The second kappa shape index (κ2) is 10.6. The molecule has 7 nitrogen and oxygen atoms in total. The van der Waals surface area contributed by atoms with Gasteiger partial charge in [-0.1, -0.05) is 30.3 Å². The van der Waals surface area contributed by atoms with Gasteiger partial charge in [-0.15, -0.1) is 0 Å². The van der Waals surface area contributed by atoms with Crippen LogP contribution in [0.25, 0.3) is 0 Å². The fourth-order valence-corrected chi connectivity index (χ4v) is 4.93. The maximum Gasteiger partial charge on any atom is 0.193 e. The van der Waals surface area contributed by atoms with Gasteiger partial charge in [0.05, 0.1) is 24.1 Å².